The highest BCUT2D eigenvalue weighted by atomic mass is 32.2. The first-order valence-corrected chi connectivity index (χ1v) is 12.2. The molecule has 2 atom stereocenters. The highest BCUT2D eigenvalue weighted by Gasteiger charge is 2.67. The lowest BCUT2D eigenvalue weighted by molar-refractivity contribution is -0.119. The van der Waals surface area contributed by atoms with Crippen molar-refractivity contribution in [1.82, 2.24) is 10.3 Å². The third-order valence-electron chi connectivity index (χ3n) is 5.81. The molecule has 1 saturated carbocycles. The second kappa shape index (κ2) is 8.76. The van der Waals surface area contributed by atoms with Gasteiger partial charge in [-0.15, -0.1) is 0 Å². The summed E-state index contributed by atoms with van der Waals surface area (Å²) >= 11 is 0. The normalized spacial score (nSPS) is 21.6. The Morgan fingerprint density at radius 3 is 2.53 bits per heavy atom. The van der Waals surface area contributed by atoms with E-state index in [1.165, 1.54) is 6.20 Å². The molecule has 2 heterocycles. The Bertz CT molecular complexity index is 1330. The Morgan fingerprint density at radius 2 is 1.92 bits per heavy atom. The number of sulfone groups is 1. The number of hydrogen-bond acceptors (Lipinski definition) is 7. The molecule has 2 N–H and O–H groups in total. The topological polar surface area (TPSA) is 135 Å². The number of anilines is 2. The number of halogens is 3. The highest BCUT2D eigenvalue weighted by Crippen LogP contribution is 2.50. The summed E-state index contributed by atoms with van der Waals surface area (Å²) in [7, 11) is -5.56. The van der Waals surface area contributed by atoms with E-state index in [1.54, 1.807) is 26.0 Å². The Labute approximate surface area is 203 Å². The summed E-state index contributed by atoms with van der Waals surface area (Å²) in [6.45, 7) is 3.40. The van der Waals surface area contributed by atoms with Crippen LogP contribution in [0.15, 0.2) is 47.5 Å². The molecule has 4 rings (SSSR count). The van der Waals surface area contributed by atoms with Crippen LogP contribution in [0.25, 0.3) is 0 Å². The summed E-state index contributed by atoms with van der Waals surface area (Å²) in [5, 5.41) is 5.15. The smallest absolute Gasteiger partial charge is 0.447 e. The Hall–Kier alpha value is -3.68. The van der Waals surface area contributed by atoms with E-state index in [0.717, 1.165) is 22.6 Å². The van der Waals surface area contributed by atoms with Crippen LogP contribution in [0.2, 0.25) is 0 Å². The zero-order valence-electron chi connectivity index (χ0n) is 19.0. The van der Waals surface area contributed by atoms with Gasteiger partial charge >= 0.3 is 17.6 Å². The van der Waals surface area contributed by atoms with E-state index in [0.29, 0.717) is 25.0 Å². The monoisotopic (exact) mass is 526 g/mol. The third kappa shape index (κ3) is 4.59. The van der Waals surface area contributed by atoms with Crippen molar-refractivity contribution >= 4 is 39.4 Å². The number of alkyl halides is 3. The average molecular weight is 526 g/mol. The van der Waals surface area contributed by atoms with Gasteiger partial charge in [-0.05, 0) is 74.6 Å². The zero-order valence-corrected chi connectivity index (χ0v) is 19.8. The fraction of sp³-hybridized carbons (Fsp3) is 0.364. The van der Waals surface area contributed by atoms with Crippen LogP contribution in [0.3, 0.4) is 0 Å². The van der Waals surface area contributed by atoms with Crippen LogP contribution in [0, 0.1) is 5.92 Å². The molecule has 192 valence electrons. The number of rotatable bonds is 6. The lowest BCUT2D eigenvalue weighted by atomic mass is 10.1. The number of nitrogens with one attached hydrogen (secondary N) is 2. The number of carbonyl (C=O) groups excluding carboxylic acids is 3. The molecule has 0 radical (unpaired) electrons. The molecule has 2 unspecified atom stereocenters. The number of nitrogens with zero attached hydrogens (tertiary/aromatic N) is 2. The summed E-state index contributed by atoms with van der Waals surface area (Å²) in [5.41, 5.74) is -5.96. The molecule has 1 aliphatic carbocycles. The quantitative estimate of drug-likeness (QED) is 0.551. The fourth-order valence-corrected chi connectivity index (χ4v) is 4.79. The van der Waals surface area contributed by atoms with Gasteiger partial charge in [0.05, 0.1) is 16.7 Å². The molecule has 1 spiro atoms. The van der Waals surface area contributed by atoms with E-state index < -0.39 is 43.8 Å². The fourth-order valence-electron chi connectivity index (χ4n) is 4.03. The minimum absolute atomic E-state index is 0.0554. The van der Waals surface area contributed by atoms with Gasteiger partial charge in [0, 0.05) is 6.20 Å². The first-order chi connectivity index (χ1) is 16.7. The molecule has 2 aliphatic rings. The average Bonchev–Trinajstić information content (AvgIpc) is 3.38. The number of ether oxygens (including phenoxy) is 1. The van der Waals surface area contributed by atoms with E-state index in [9.17, 15) is 36.0 Å². The van der Waals surface area contributed by atoms with Crippen molar-refractivity contribution in [2.75, 3.05) is 10.2 Å². The zero-order chi connectivity index (χ0) is 26.5. The van der Waals surface area contributed by atoms with Crippen LogP contribution in [0.5, 0.6) is 0 Å². The molecular weight excluding hydrogens is 505 g/mol. The van der Waals surface area contributed by atoms with Gasteiger partial charge in [-0.1, -0.05) is 0 Å². The Kier molecular flexibility index (Phi) is 6.19. The van der Waals surface area contributed by atoms with Crippen LogP contribution in [0.4, 0.5) is 34.3 Å². The van der Waals surface area contributed by atoms with Crippen molar-refractivity contribution in [3.8, 4) is 0 Å². The van der Waals surface area contributed by atoms with Gasteiger partial charge in [-0.2, -0.15) is 13.2 Å². The van der Waals surface area contributed by atoms with Gasteiger partial charge in [0.1, 0.15) is 11.4 Å². The minimum Gasteiger partial charge on any atom is -0.447 e. The largest absolute Gasteiger partial charge is 0.501 e. The SMILES string of the molecule is CC(C)OC(=O)Nc1cc(CC2CC23NC(=O)N(c2ccc(S(=O)(=O)C(F)(F)F)cc2)C3=O)ccn1. The van der Waals surface area contributed by atoms with Gasteiger partial charge in [-0.25, -0.2) is 27.9 Å². The van der Waals surface area contributed by atoms with Crippen molar-refractivity contribution in [1.29, 1.82) is 0 Å². The van der Waals surface area contributed by atoms with Crippen LogP contribution < -0.4 is 15.5 Å². The lowest BCUT2D eigenvalue weighted by Gasteiger charge is -2.14. The second-order valence-electron chi connectivity index (χ2n) is 8.72. The van der Waals surface area contributed by atoms with E-state index in [4.69, 9.17) is 4.74 Å². The van der Waals surface area contributed by atoms with Gasteiger partial charge in [0.15, 0.2) is 0 Å². The highest BCUT2D eigenvalue weighted by molar-refractivity contribution is 7.92. The van der Waals surface area contributed by atoms with Crippen molar-refractivity contribution in [3.05, 3.63) is 48.2 Å². The minimum atomic E-state index is -5.56. The third-order valence-corrected chi connectivity index (χ3v) is 7.31. The van der Waals surface area contributed by atoms with Crippen LogP contribution >= 0.6 is 0 Å². The van der Waals surface area contributed by atoms with Gasteiger partial charge in [0.2, 0.25) is 0 Å². The summed E-state index contributed by atoms with van der Waals surface area (Å²) in [6.07, 6.45) is 1.20. The Balaban J connectivity index is 1.46. The van der Waals surface area contributed by atoms with Crippen molar-refractivity contribution < 1.29 is 40.7 Å². The summed E-state index contributed by atoms with van der Waals surface area (Å²) in [6, 6.07) is 5.90. The number of pyridine rings is 1. The summed E-state index contributed by atoms with van der Waals surface area (Å²) < 4.78 is 66.4. The van der Waals surface area contributed by atoms with Gasteiger partial charge in [0.25, 0.3) is 15.7 Å². The number of carbonyl (C=O) groups is 3. The van der Waals surface area contributed by atoms with Crippen molar-refractivity contribution in [2.24, 2.45) is 5.92 Å². The van der Waals surface area contributed by atoms with Gasteiger partial charge < -0.3 is 10.1 Å². The number of imide groups is 1. The molecule has 4 amide bonds. The molecule has 1 saturated heterocycles. The van der Waals surface area contributed by atoms with E-state index in [2.05, 4.69) is 15.6 Å². The molecule has 36 heavy (non-hydrogen) atoms. The maximum atomic E-state index is 13.1. The molecule has 14 heteroatoms. The number of aromatic nitrogens is 1. The number of hydrogen-bond donors (Lipinski definition) is 2. The molecular formula is C22H21F3N4O6S. The first-order valence-electron chi connectivity index (χ1n) is 10.8. The van der Waals surface area contributed by atoms with Crippen LogP contribution in [-0.4, -0.2) is 48.6 Å². The molecule has 1 aromatic carbocycles. The van der Waals surface area contributed by atoms with Crippen molar-refractivity contribution in [3.63, 3.8) is 0 Å². The summed E-state index contributed by atoms with van der Waals surface area (Å²) in [5.74, 6) is -0.608. The predicted octanol–water partition coefficient (Wildman–Crippen LogP) is 3.39. The van der Waals surface area contributed by atoms with E-state index >= 15 is 0 Å². The molecule has 10 nitrogen and oxygen atoms in total. The maximum Gasteiger partial charge on any atom is 0.501 e. The predicted molar refractivity (Wildman–Crippen MR) is 120 cm³/mol. The lowest BCUT2D eigenvalue weighted by Crippen LogP contribution is -2.35. The second-order valence-corrected chi connectivity index (χ2v) is 10.7. The maximum absolute atomic E-state index is 13.1. The number of urea groups is 1. The molecule has 0 bridgehead atoms. The van der Waals surface area contributed by atoms with Crippen LogP contribution in [0.1, 0.15) is 25.8 Å². The number of amides is 4. The van der Waals surface area contributed by atoms with E-state index in [1.807, 2.05) is 0 Å². The van der Waals surface area contributed by atoms with Gasteiger partial charge in [-0.3, -0.25) is 10.1 Å². The van der Waals surface area contributed by atoms with Crippen LogP contribution in [-0.2, 0) is 25.8 Å². The molecule has 2 fully saturated rings. The Morgan fingerprint density at radius 1 is 1.25 bits per heavy atom. The standard InChI is InChI=1S/C22H21F3N4O6S/c1-12(2)35-20(32)27-17-10-13(7-8-26-17)9-14-11-21(14)18(30)29(19(31)28-21)15-3-5-16(6-4-15)36(33,34)22(23,24)25/h3-8,10,12,14H,9,11H2,1-2H3,(H,28,31)(H,26,27,32). The number of benzene rings is 1. The summed E-state index contributed by atoms with van der Waals surface area (Å²) in [4.78, 5) is 41.3. The molecule has 1 aliphatic heterocycles. The molecule has 1 aromatic heterocycles. The van der Waals surface area contributed by atoms with E-state index in [-0.39, 0.29) is 23.5 Å². The first kappa shape index (κ1) is 25.4. The molecule has 2 aromatic rings. The van der Waals surface area contributed by atoms with Crippen molar-refractivity contribution in [2.45, 2.75) is 48.7 Å².